The maximum atomic E-state index is 12.5. The van der Waals surface area contributed by atoms with Gasteiger partial charge in [-0.2, -0.15) is 13.2 Å². The molecule has 2 rings (SSSR count). The Labute approximate surface area is 121 Å². The quantitative estimate of drug-likeness (QED) is 0.884. The van der Waals surface area contributed by atoms with E-state index in [1.54, 1.807) is 0 Å². The number of aliphatic hydroxyl groups is 1. The van der Waals surface area contributed by atoms with Crippen LogP contribution in [0.1, 0.15) is 22.7 Å². The Balaban J connectivity index is 1.99. The fourth-order valence-corrected chi connectivity index (χ4v) is 2.03. The van der Waals surface area contributed by atoms with Gasteiger partial charge in [0.1, 0.15) is 0 Å². The molecule has 0 aromatic heterocycles. The molecule has 0 saturated carbocycles. The zero-order valence-corrected chi connectivity index (χ0v) is 11.3. The molecule has 0 aliphatic heterocycles. The smallest absolute Gasteiger partial charge is 0.394 e. The van der Waals surface area contributed by atoms with Crippen molar-refractivity contribution in [2.75, 3.05) is 6.61 Å². The van der Waals surface area contributed by atoms with Crippen LogP contribution in [0.25, 0.3) is 0 Å². The van der Waals surface area contributed by atoms with Crippen molar-refractivity contribution < 1.29 is 18.3 Å². The molecule has 0 spiro atoms. The summed E-state index contributed by atoms with van der Waals surface area (Å²) in [6, 6.07) is 14.2. The lowest BCUT2D eigenvalue weighted by Gasteiger charge is -2.17. The van der Waals surface area contributed by atoms with Gasteiger partial charge >= 0.3 is 6.18 Å². The molecule has 2 N–H and O–H groups in total. The van der Waals surface area contributed by atoms with Gasteiger partial charge in [0.15, 0.2) is 0 Å². The van der Waals surface area contributed by atoms with E-state index in [-0.39, 0.29) is 12.6 Å². The fraction of sp³-hybridized carbons (Fsp3) is 0.250. The van der Waals surface area contributed by atoms with E-state index in [4.69, 9.17) is 0 Å². The summed E-state index contributed by atoms with van der Waals surface area (Å²) in [7, 11) is 0. The second-order valence-electron chi connectivity index (χ2n) is 4.72. The van der Waals surface area contributed by atoms with Crippen LogP contribution in [-0.4, -0.2) is 11.7 Å². The van der Waals surface area contributed by atoms with Crippen LogP contribution in [0.15, 0.2) is 54.6 Å². The van der Waals surface area contributed by atoms with Gasteiger partial charge < -0.3 is 10.4 Å². The third-order valence-electron chi connectivity index (χ3n) is 3.22. The SMILES string of the molecule is OC[C@H](NCc1ccc(C(F)(F)F)cc1)c1ccccc1. The second kappa shape index (κ2) is 6.74. The summed E-state index contributed by atoms with van der Waals surface area (Å²) in [6.07, 6.45) is -4.32. The predicted octanol–water partition coefficient (Wildman–Crippen LogP) is 3.53. The number of benzene rings is 2. The molecule has 0 aliphatic rings. The van der Waals surface area contributed by atoms with Crippen molar-refractivity contribution in [3.63, 3.8) is 0 Å². The topological polar surface area (TPSA) is 32.3 Å². The Morgan fingerprint density at radius 2 is 1.57 bits per heavy atom. The van der Waals surface area contributed by atoms with Gasteiger partial charge in [-0.05, 0) is 23.3 Å². The first-order valence-electron chi connectivity index (χ1n) is 6.56. The van der Waals surface area contributed by atoms with Crippen molar-refractivity contribution >= 4 is 0 Å². The molecule has 5 heteroatoms. The molecule has 112 valence electrons. The zero-order valence-electron chi connectivity index (χ0n) is 11.3. The van der Waals surface area contributed by atoms with Crippen LogP contribution < -0.4 is 5.32 Å². The molecule has 1 atom stereocenters. The number of alkyl halides is 3. The number of nitrogens with one attached hydrogen (secondary N) is 1. The molecule has 2 aromatic carbocycles. The molecule has 0 radical (unpaired) electrons. The highest BCUT2D eigenvalue weighted by atomic mass is 19.4. The van der Waals surface area contributed by atoms with E-state index in [2.05, 4.69) is 5.32 Å². The summed E-state index contributed by atoms with van der Waals surface area (Å²) in [5.41, 5.74) is 1.01. The van der Waals surface area contributed by atoms with E-state index in [1.807, 2.05) is 30.3 Å². The Hall–Kier alpha value is -1.85. The molecule has 2 nitrogen and oxygen atoms in total. The third-order valence-corrected chi connectivity index (χ3v) is 3.22. The molecule has 0 fully saturated rings. The lowest BCUT2D eigenvalue weighted by atomic mass is 10.1. The molecule has 0 amide bonds. The van der Waals surface area contributed by atoms with Crippen LogP contribution in [0.3, 0.4) is 0 Å². The summed E-state index contributed by atoms with van der Waals surface area (Å²) >= 11 is 0. The maximum Gasteiger partial charge on any atom is 0.416 e. The first-order chi connectivity index (χ1) is 10.0. The monoisotopic (exact) mass is 295 g/mol. The van der Waals surface area contributed by atoms with E-state index in [1.165, 1.54) is 12.1 Å². The molecule has 0 saturated heterocycles. The maximum absolute atomic E-state index is 12.5. The predicted molar refractivity (Wildman–Crippen MR) is 74.6 cm³/mol. The van der Waals surface area contributed by atoms with Crippen LogP contribution >= 0.6 is 0 Å². The molecule has 0 bridgehead atoms. The van der Waals surface area contributed by atoms with Crippen LogP contribution in [0, 0.1) is 0 Å². The fourth-order valence-electron chi connectivity index (χ4n) is 2.03. The van der Waals surface area contributed by atoms with E-state index in [0.29, 0.717) is 6.54 Å². The van der Waals surface area contributed by atoms with Gasteiger partial charge in [0.2, 0.25) is 0 Å². The van der Waals surface area contributed by atoms with Gasteiger partial charge in [-0.3, -0.25) is 0 Å². The first-order valence-corrected chi connectivity index (χ1v) is 6.56. The van der Waals surface area contributed by atoms with Gasteiger partial charge in [-0.1, -0.05) is 42.5 Å². The van der Waals surface area contributed by atoms with Crippen LogP contribution in [0.4, 0.5) is 13.2 Å². The third kappa shape index (κ3) is 4.31. The Morgan fingerprint density at radius 1 is 0.952 bits per heavy atom. The van der Waals surface area contributed by atoms with Crippen LogP contribution in [0.5, 0.6) is 0 Å². The largest absolute Gasteiger partial charge is 0.416 e. The normalized spacial score (nSPS) is 13.1. The summed E-state index contributed by atoms with van der Waals surface area (Å²) in [6.45, 7) is 0.308. The minimum absolute atomic E-state index is 0.0787. The van der Waals surface area contributed by atoms with Crippen molar-refractivity contribution in [3.05, 3.63) is 71.3 Å². The lowest BCUT2D eigenvalue weighted by molar-refractivity contribution is -0.137. The Morgan fingerprint density at radius 3 is 2.10 bits per heavy atom. The minimum Gasteiger partial charge on any atom is -0.394 e. The number of rotatable bonds is 5. The molecular formula is C16H16F3NO. The highest BCUT2D eigenvalue weighted by molar-refractivity contribution is 5.25. The summed E-state index contributed by atoms with van der Waals surface area (Å²) < 4.78 is 37.4. The summed E-state index contributed by atoms with van der Waals surface area (Å²) in [5.74, 6) is 0. The van der Waals surface area contributed by atoms with Gasteiger partial charge in [0, 0.05) is 6.54 Å². The van der Waals surface area contributed by atoms with Crippen molar-refractivity contribution in [1.82, 2.24) is 5.32 Å². The van der Waals surface area contributed by atoms with E-state index in [0.717, 1.165) is 23.3 Å². The Kier molecular flexibility index (Phi) is 4.98. The van der Waals surface area contributed by atoms with Gasteiger partial charge in [-0.15, -0.1) is 0 Å². The van der Waals surface area contributed by atoms with Gasteiger partial charge in [0.25, 0.3) is 0 Å². The molecular weight excluding hydrogens is 279 g/mol. The number of hydrogen-bond donors (Lipinski definition) is 2. The summed E-state index contributed by atoms with van der Waals surface area (Å²) in [5, 5.41) is 12.5. The van der Waals surface area contributed by atoms with E-state index in [9.17, 15) is 18.3 Å². The second-order valence-corrected chi connectivity index (χ2v) is 4.72. The van der Waals surface area contributed by atoms with Crippen molar-refractivity contribution in [1.29, 1.82) is 0 Å². The molecule has 21 heavy (non-hydrogen) atoms. The average molecular weight is 295 g/mol. The molecule has 0 aliphatic carbocycles. The van der Waals surface area contributed by atoms with E-state index >= 15 is 0 Å². The highest BCUT2D eigenvalue weighted by Crippen LogP contribution is 2.29. The van der Waals surface area contributed by atoms with Crippen molar-refractivity contribution in [2.24, 2.45) is 0 Å². The zero-order chi connectivity index (χ0) is 15.3. The van der Waals surface area contributed by atoms with Gasteiger partial charge in [-0.25, -0.2) is 0 Å². The van der Waals surface area contributed by atoms with Crippen molar-refractivity contribution in [2.45, 2.75) is 18.8 Å². The van der Waals surface area contributed by atoms with E-state index < -0.39 is 11.7 Å². The summed E-state index contributed by atoms with van der Waals surface area (Å²) in [4.78, 5) is 0. The Bertz CT molecular complexity index is 552. The minimum atomic E-state index is -4.32. The molecule has 0 heterocycles. The number of hydrogen-bond acceptors (Lipinski definition) is 2. The number of aliphatic hydroxyl groups excluding tert-OH is 1. The van der Waals surface area contributed by atoms with Crippen LogP contribution in [0.2, 0.25) is 0 Å². The first kappa shape index (κ1) is 15.5. The molecule has 2 aromatic rings. The molecule has 0 unspecified atom stereocenters. The van der Waals surface area contributed by atoms with Crippen LogP contribution in [-0.2, 0) is 12.7 Å². The van der Waals surface area contributed by atoms with Gasteiger partial charge in [0.05, 0.1) is 18.2 Å². The highest BCUT2D eigenvalue weighted by Gasteiger charge is 2.29. The van der Waals surface area contributed by atoms with Crippen molar-refractivity contribution in [3.8, 4) is 0 Å². The standard InChI is InChI=1S/C16H16F3NO/c17-16(18,19)14-8-6-12(7-9-14)10-20-15(11-21)13-4-2-1-3-5-13/h1-9,15,20-21H,10-11H2/t15-/m0/s1. The lowest BCUT2D eigenvalue weighted by Crippen LogP contribution is -2.24. The number of halogens is 3. The average Bonchev–Trinajstić information content (AvgIpc) is 2.48.